The van der Waals surface area contributed by atoms with Gasteiger partial charge >= 0.3 is 0 Å². The van der Waals surface area contributed by atoms with Crippen LogP contribution in [0.5, 0.6) is 0 Å². The molecule has 3 heteroatoms. The smallest absolute Gasteiger partial charge is 0.238 e. The fraction of sp³-hybridized carbons (Fsp3) is 0.438. The summed E-state index contributed by atoms with van der Waals surface area (Å²) < 4.78 is 0. The molecule has 19 heavy (non-hydrogen) atoms. The largest absolute Gasteiger partial charge is 0.325 e. The first-order valence-electron chi connectivity index (χ1n) is 7.08. The number of nitrogens with one attached hydrogen (secondary N) is 2. The Labute approximate surface area is 115 Å². The van der Waals surface area contributed by atoms with Crippen LogP contribution in [-0.4, -0.2) is 19.0 Å². The Morgan fingerprint density at radius 2 is 2.00 bits per heavy atom. The summed E-state index contributed by atoms with van der Waals surface area (Å²) in [7, 11) is 0. The Balaban J connectivity index is 1.60. The number of hydrogen-bond donors (Lipinski definition) is 2. The quantitative estimate of drug-likeness (QED) is 0.608. The Hall–Kier alpha value is -1.61. The molecule has 0 radical (unpaired) electrons. The number of carbonyl (C=O) groups excluding carboxylic acids is 1. The number of para-hydroxylation sites is 1. The molecule has 0 atom stereocenters. The third kappa shape index (κ3) is 5.26. The molecule has 1 aliphatic carbocycles. The van der Waals surface area contributed by atoms with E-state index < -0.39 is 0 Å². The molecule has 0 unspecified atom stereocenters. The van der Waals surface area contributed by atoms with E-state index in [1.165, 1.54) is 25.7 Å². The number of amides is 1. The van der Waals surface area contributed by atoms with Gasteiger partial charge in [0.15, 0.2) is 0 Å². The molecule has 0 saturated carbocycles. The molecule has 0 fully saturated rings. The summed E-state index contributed by atoms with van der Waals surface area (Å²) in [6.07, 6.45) is 8.53. The van der Waals surface area contributed by atoms with Crippen LogP contribution in [0.1, 0.15) is 32.1 Å². The van der Waals surface area contributed by atoms with Crippen molar-refractivity contribution in [3.63, 3.8) is 0 Å². The van der Waals surface area contributed by atoms with E-state index in [4.69, 9.17) is 0 Å². The van der Waals surface area contributed by atoms with Crippen molar-refractivity contribution in [1.82, 2.24) is 5.32 Å². The Kier molecular flexibility index (Phi) is 5.63. The summed E-state index contributed by atoms with van der Waals surface area (Å²) in [5.41, 5.74) is 2.39. The van der Waals surface area contributed by atoms with Crippen LogP contribution in [0.15, 0.2) is 42.0 Å². The van der Waals surface area contributed by atoms with Crippen LogP contribution < -0.4 is 10.6 Å². The van der Waals surface area contributed by atoms with Gasteiger partial charge in [-0.1, -0.05) is 29.8 Å². The van der Waals surface area contributed by atoms with E-state index in [1.807, 2.05) is 30.3 Å². The summed E-state index contributed by atoms with van der Waals surface area (Å²) in [5.74, 6) is 0.0174. The van der Waals surface area contributed by atoms with Gasteiger partial charge in [0.1, 0.15) is 0 Å². The van der Waals surface area contributed by atoms with E-state index >= 15 is 0 Å². The lowest BCUT2D eigenvalue weighted by Crippen LogP contribution is -2.29. The van der Waals surface area contributed by atoms with Crippen LogP contribution in [0, 0.1) is 0 Å². The van der Waals surface area contributed by atoms with Crippen molar-refractivity contribution in [1.29, 1.82) is 0 Å². The van der Waals surface area contributed by atoms with Crippen molar-refractivity contribution in [2.75, 3.05) is 18.4 Å². The first kappa shape index (κ1) is 13.8. The van der Waals surface area contributed by atoms with E-state index in [-0.39, 0.29) is 5.91 Å². The number of hydrogen-bond acceptors (Lipinski definition) is 2. The first-order valence-corrected chi connectivity index (χ1v) is 7.08. The molecule has 3 nitrogen and oxygen atoms in total. The monoisotopic (exact) mass is 258 g/mol. The second kappa shape index (κ2) is 7.74. The zero-order chi connectivity index (χ0) is 13.3. The normalized spacial score (nSPS) is 14.8. The number of anilines is 1. The van der Waals surface area contributed by atoms with Gasteiger partial charge < -0.3 is 10.6 Å². The van der Waals surface area contributed by atoms with Crippen LogP contribution in [0.3, 0.4) is 0 Å². The van der Waals surface area contributed by atoms with Crippen LogP contribution in [0.25, 0.3) is 0 Å². The lowest BCUT2D eigenvalue weighted by molar-refractivity contribution is -0.115. The van der Waals surface area contributed by atoms with Gasteiger partial charge in [0, 0.05) is 5.69 Å². The molecule has 0 aromatic heterocycles. The molecular formula is C16H22N2O. The van der Waals surface area contributed by atoms with E-state index in [2.05, 4.69) is 16.7 Å². The van der Waals surface area contributed by atoms with Crippen molar-refractivity contribution in [2.24, 2.45) is 0 Å². The molecule has 1 aromatic rings. The van der Waals surface area contributed by atoms with E-state index in [9.17, 15) is 4.79 Å². The van der Waals surface area contributed by atoms with Crippen molar-refractivity contribution < 1.29 is 4.79 Å². The molecule has 0 spiro atoms. The third-order valence-electron chi connectivity index (χ3n) is 3.35. The Morgan fingerprint density at radius 1 is 1.16 bits per heavy atom. The van der Waals surface area contributed by atoms with Gasteiger partial charge in [-0.2, -0.15) is 0 Å². The summed E-state index contributed by atoms with van der Waals surface area (Å²) in [6, 6.07) is 9.55. The molecule has 0 saturated heterocycles. The number of benzene rings is 1. The minimum atomic E-state index is 0.0174. The average molecular weight is 258 g/mol. The van der Waals surface area contributed by atoms with Gasteiger partial charge in [-0.15, -0.1) is 0 Å². The predicted molar refractivity (Wildman–Crippen MR) is 79.1 cm³/mol. The highest BCUT2D eigenvalue weighted by Gasteiger charge is 2.04. The Morgan fingerprint density at radius 3 is 2.74 bits per heavy atom. The Bertz CT molecular complexity index is 426. The van der Waals surface area contributed by atoms with Gasteiger partial charge in [0.05, 0.1) is 6.54 Å². The van der Waals surface area contributed by atoms with E-state index in [1.54, 1.807) is 5.57 Å². The lowest BCUT2D eigenvalue weighted by atomic mass is 9.97. The average Bonchev–Trinajstić information content (AvgIpc) is 2.46. The SMILES string of the molecule is O=C(CNCCC1=CCCCC1)Nc1ccccc1. The van der Waals surface area contributed by atoms with Crippen molar-refractivity contribution in [3.05, 3.63) is 42.0 Å². The van der Waals surface area contributed by atoms with Gasteiger partial charge in [0.2, 0.25) is 5.91 Å². The highest BCUT2D eigenvalue weighted by molar-refractivity contribution is 5.92. The first-order chi connectivity index (χ1) is 9.34. The van der Waals surface area contributed by atoms with Crippen LogP contribution in [0.4, 0.5) is 5.69 Å². The summed E-state index contributed by atoms with van der Waals surface area (Å²) in [4.78, 5) is 11.7. The number of rotatable bonds is 6. The van der Waals surface area contributed by atoms with Crippen molar-refractivity contribution >= 4 is 11.6 Å². The van der Waals surface area contributed by atoms with Crippen molar-refractivity contribution in [3.8, 4) is 0 Å². The van der Waals surface area contributed by atoms with Crippen molar-refractivity contribution in [2.45, 2.75) is 32.1 Å². The highest BCUT2D eigenvalue weighted by Crippen LogP contribution is 2.19. The highest BCUT2D eigenvalue weighted by atomic mass is 16.1. The second-order valence-corrected chi connectivity index (χ2v) is 4.95. The van der Waals surface area contributed by atoms with E-state index in [0.29, 0.717) is 6.54 Å². The summed E-state index contributed by atoms with van der Waals surface area (Å²) >= 11 is 0. The molecule has 0 aliphatic heterocycles. The van der Waals surface area contributed by atoms with Crippen LogP contribution in [-0.2, 0) is 4.79 Å². The van der Waals surface area contributed by atoms with Crippen LogP contribution >= 0.6 is 0 Å². The minimum Gasteiger partial charge on any atom is -0.325 e. The molecule has 102 valence electrons. The molecule has 2 N–H and O–H groups in total. The molecular weight excluding hydrogens is 236 g/mol. The maximum absolute atomic E-state index is 11.7. The van der Waals surface area contributed by atoms with Gasteiger partial charge in [0.25, 0.3) is 0 Å². The molecule has 2 rings (SSSR count). The third-order valence-corrected chi connectivity index (χ3v) is 3.35. The maximum Gasteiger partial charge on any atom is 0.238 e. The number of carbonyl (C=O) groups is 1. The predicted octanol–water partition coefficient (Wildman–Crippen LogP) is 3.11. The van der Waals surface area contributed by atoms with Gasteiger partial charge in [-0.05, 0) is 50.8 Å². The molecule has 1 amide bonds. The zero-order valence-corrected chi connectivity index (χ0v) is 11.3. The lowest BCUT2D eigenvalue weighted by Gasteiger charge is -2.12. The molecule has 0 bridgehead atoms. The maximum atomic E-state index is 11.7. The fourth-order valence-electron chi connectivity index (χ4n) is 2.31. The summed E-state index contributed by atoms with van der Waals surface area (Å²) in [6.45, 7) is 1.26. The zero-order valence-electron chi connectivity index (χ0n) is 11.3. The second-order valence-electron chi connectivity index (χ2n) is 4.95. The fourth-order valence-corrected chi connectivity index (χ4v) is 2.31. The summed E-state index contributed by atoms with van der Waals surface area (Å²) in [5, 5.41) is 6.06. The topological polar surface area (TPSA) is 41.1 Å². The van der Waals surface area contributed by atoms with Gasteiger partial charge in [-0.3, -0.25) is 4.79 Å². The minimum absolute atomic E-state index is 0.0174. The van der Waals surface area contributed by atoms with E-state index in [0.717, 1.165) is 18.7 Å². The van der Waals surface area contributed by atoms with Crippen LogP contribution in [0.2, 0.25) is 0 Å². The van der Waals surface area contributed by atoms with Gasteiger partial charge in [-0.25, -0.2) is 0 Å². The number of allylic oxidation sites excluding steroid dienone is 1. The molecule has 1 aromatic carbocycles. The standard InChI is InChI=1S/C16H22N2O/c19-16(18-15-9-5-2-6-10-15)13-17-12-11-14-7-3-1-4-8-14/h2,5-7,9-10,17H,1,3-4,8,11-13H2,(H,18,19). The molecule has 1 aliphatic rings. The molecule has 0 heterocycles.